The molecule has 11 nitrogen and oxygen atoms in total. The summed E-state index contributed by atoms with van der Waals surface area (Å²) in [4.78, 5) is 23.0. The first-order chi connectivity index (χ1) is 18.8. The van der Waals surface area contributed by atoms with Crippen LogP contribution in [0.15, 0.2) is 57.9 Å². The molecule has 0 aliphatic carbocycles. The van der Waals surface area contributed by atoms with E-state index >= 15 is 0 Å². The predicted octanol–water partition coefficient (Wildman–Crippen LogP) is 4.74. The van der Waals surface area contributed by atoms with E-state index in [9.17, 15) is 20.0 Å². The van der Waals surface area contributed by atoms with Gasteiger partial charge in [-0.25, -0.2) is 9.48 Å². The Morgan fingerprint density at radius 1 is 1.13 bits per heavy atom. The molecule has 0 saturated carbocycles. The van der Waals surface area contributed by atoms with Crippen LogP contribution in [0.4, 0.5) is 5.69 Å². The highest BCUT2D eigenvalue weighted by atomic mass is 16.6. The van der Waals surface area contributed by atoms with Crippen molar-refractivity contribution in [3.8, 4) is 11.5 Å². The van der Waals surface area contributed by atoms with E-state index in [1.54, 1.807) is 24.4 Å². The van der Waals surface area contributed by atoms with Gasteiger partial charge >= 0.3 is 5.63 Å². The number of non-ortho nitro benzene ring substituents is 1. The molecule has 2 heterocycles. The number of hydrogen-bond donors (Lipinski definition) is 1. The van der Waals surface area contributed by atoms with Crippen LogP contribution in [0.2, 0.25) is 0 Å². The number of nitro groups is 1. The molecule has 206 valence electrons. The fraction of sp³-hybridized carbons (Fsp3) is 0.393. The minimum atomic E-state index is -0.882. The van der Waals surface area contributed by atoms with Crippen molar-refractivity contribution in [2.75, 3.05) is 6.61 Å². The Labute approximate surface area is 225 Å². The van der Waals surface area contributed by atoms with Gasteiger partial charge in [-0.2, -0.15) is 0 Å². The number of hydrogen-bond acceptors (Lipinski definition) is 9. The maximum absolute atomic E-state index is 12.6. The first-order valence-electron chi connectivity index (χ1n) is 13.0. The molecule has 0 radical (unpaired) electrons. The molecule has 39 heavy (non-hydrogen) atoms. The number of aromatic nitrogens is 3. The second kappa shape index (κ2) is 13.0. The molecular weight excluding hydrogens is 504 g/mol. The number of nitro benzene ring substituents is 1. The molecule has 0 spiro atoms. The number of aliphatic hydroxyl groups is 1. The van der Waals surface area contributed by atoms with E-state index in [1.165, 1.54) is 22.9 Å². The predicted molar refractivity (Wildman–Crippen MR) is 144 cm³/mol. The zero-order valence-electron chi connectivity index (χ0n) is 22.0. The maximum atomic E-state index is 12.6. The van der Waals surface area contributed by atoms with Gasteiger partial charge in [0.1, 0.15) is 42.1 Å². The molecule has 0 aliphatic rings. The summed E-state index contributed by atoms with van der Waals surface area (Å²) in [5.74, 6) is 0.821. The molecule has 4 aromatic rings. The van der Waals surface area contributed by atoms with Crippen LogP contribution in [0.1, 0.15) is 49.4 Å². The first-order valence-corrected chi connectivity index (χ1v) is 13.0. The van der Waals surface area contributed by atoms with Crippen LogP contribution in [-0.2, 0) is 19.6 Å². The molecule has 1 unspecified atom stereocenters. The Morgan fingerprint density at radius 2 is 1.95 bits per heavy atom. The third-order valence-corrected chi connectivity index (χ3v) is 6.38. The number of nitrogens with zero attached hydrogens (tertiary/aromatic N) is 4. The average molecular weight is 537 g/mol. The number of unbranched alkanes of at least 4 members (excludes halogenated alkanes) is 3. The second-order valence-corrected chi connectivity index (χ2v) is 9.40. The quantitative estimate of drug-likeness (QED) is 0.105. The summed E-state index contributed by atoms with van der Waals surface area (Å²) in [6.07, 6.45) is 5.79. The van der Waals surface area contributed by atoms with E-state index in [4.69, 9.17) is 13.9 Å². The fourth-order valence-electron chi connectivity index (χ4n) is 4.28. The van der Waals surface area contributed by atoms with E-state index < -0.39 is 11.0 Å². The lowest BCUT2D eigenvalue weighted by Gasteiger charge is -2.13. The van der Waals surface area contributed by atoms with E-state index in [0.29, 0.717) is 29.2 Å². The minimum absolute atomic E-state index is 0.0103. The third kappa shape index (κ3) is 7.41. The Kier molecular flexibility index (Phi) is 9.27. The van der Waals surface area contributed by atoms with E-state index in [-0.39, 0.29) is 31.1 Å². The van der Waals surface area contributed by atoms with Crippen molar-refractivity contribution in [3.63, 3.8) is 0 Å². The lowest BCUT2D eigenvalue weighted by Crippen LogP contribution is -2.24. The summed E-state index contributed by atoms with van der Waals surface area (Å²) in [7, 11) is 0. The van der Waals surface area contributed by atoms with Crippen molar-refractivity contribution in [2.45, 2.75) is 65.2 Å². The molecule has 0 amide bonds. The number of fused-ring (bicyclic) bond motifs is 1. The number of aryl methyl sites for hydroxylation is 1. The van der Waals surface area contributed by atoms with Gasteiger partial charge in [-0.15, -0.1) is 5.10 Å². The Hall–Kier alpha value is -4.25. The van der Waals surface area contributed by atoms with Gasteiger partial charge in [0.2, 0.25) is 0 Å². The SMILES string of the molecule is CCCCCCc1c(C)c2ccc(OCC(O)Cn3cc(COc4cccc([N+](=O)[O-])c4)nn3)cc2oc1=O. The molecule has 0 aliphatic heterocycles. The van der Waals surface area contributed by atoms with Crippen molar-refractivity contribution >= 4 is 16.7 Å². The molecule has 4 rings (SSSR count). The average Bonchev–Trinajstić information content (AvgIpc) is 3.37. The highest BCUT2D eigenvalue weighted by molar-refractivity contribution is 5.82. The standard InChI is InChI=1S/C28H32N4O7/c1-3-4-5-6-10-26-19(2)25-12-11-24(14-27(25)39-28(26)34)38-18-22(33)16-31-15-20(29-30-31)17-37-23-9-7-8-21(13-23)32(35)36/h7-9,11-15,22,33H,3-6,10,16-18H2,1-2H3. The maximum Gasteiger partial charge on any atom is 0.339 e. The Balaban J connectivity index is 1.30. The molecule has 0 fully saturated rings. The van der Waals surface area contributed by atoms with Crippen LogP contribution in [0, 0.1) is 17.0 Å². The van der Waals surface area contributed by atoms with Gasteiger partial charge in [-0.1, -0.05) is 37.5 Å². The molecule has 11 heteroatoms. The summed E-state index contributed by atoms with van der Waals surface area (Å²) < 4.78 is 18.3. The fourth-order valence-corrected chi connectivity index (χ4v) is 4.28. The van der Waals surface area contributed by atoms with Crippen molar-refractivity contribution in [2.24, 2.45) is 0 Å². The number of ether oxygens (including phenoxy) is 2. The van der Waals surface area contributed by atoms with E-state index in [0.717, 1.165) is 42.2 Å². The number of benzene rings is 2. The Morgan fingerprint density at radius 3 is 2.74 bits per heavy atom. The molecule has 2 aromatic heterocycles. The topological polar surface area (TPSA) is 143 Å². The molecule has 1 atom stereocenters. The van der Waals surface area contributed by atoms with Crippen LogP contribution < -0.4 is 15.1 Å². The lowest BCUT2D eigenvalue weighted by molar-refractivity contribution is -0.384. The number of aliphatic hydroxyl groups excluding tert-OH is 1. The van der Waals surface area contributed by atoms with Crippen molar-refractivity contribution < 1.29 is 23.9 Å². The van der Waals surface area contributed by atoms with Gasteiger partial charge in [0, 0.05) is 23.1 Å². The molecule has 0 bridgehead atoms. The molecule has 1 N–H and O–H groups in total. The summed E-state index contributed by atoms with van der Waals surface area (Å²) in [6, 6.07) is 11.2. The second-order valence-electron chi connectivity index (χ2n) is 9.40. The van der Waals surface area contributed by atoms with Crippen molar-refractivity contribution in [1.82, 2.24) is 15.0 Å². The van der Waals surface area contributed by atoms with E-state index in [2.05, 4.69) is 17.2 Å². The highest BCUT2D eigenvalue weighted by Gasteiger charge is 2.14. The number of rotatable bonds is 14. The molecular formula is C28H32N4O7. The lowest BCUT2D eigenvalue weighted by atomic mass is 10.0. The smallest absolute Gasteiger partial charge is 0.339 e. The minimum Gasteiger partial charge on any atom is -0.491 e. The van der Waals surface area contributed by atoms with E-state index in [1.807, 2.05) is 13.0 Å². The Bertz CT molecular complexity index is 1480. The first kappa shape index (κ1) is 27.8. The van der Waals surface area contributed by atoms with Gasteiger partial charge in [-0.05, 0) is 43.5 Å². The van der Waals surface area contributed by atoms with Crippen LogP contribution in [0.3, 0.4) is 0 Å². The van der Waals surface area contributed by atoms with Gasteiger partial charge in [-0.3, -0.25) is 10.1 Å². The highest BCUT2D eigenvalue weighted by Crippen LogP contribution is 2.25. The summed E-state index contributed by atoms with van der Waals surface area (Å²) in [5, 5.41) is 30.2. The van der Waals surface area contributed by atoms with Crippen LogP contribution in [0.25, 0.3) is 11.0 Å². The van der Waals surface area contributed by atoms with Gasteiger partial charge < -0.3 is 19.0 Å². The summed E-state index contributed by atoms with van der Waals surface area (Å²) in [5.41, 5.74) is 2.23. The van der Waals surface area contributed by atoms with Crippen LogP contribution in [0.5, 0.6) is 11.5 Å². The van der Waals surface area contributed by atoms with Crippen LogP contribution in [-0.4, -0.2) is 37.7 Å². The zero-order valence-corrected chi connectivity index (χ0v) is 22.0. The van der Waals surface area contributed by atoms with Crippen molar-refractivity contribution in [1.29, 1.82) is 0 Å². The normalized spacial score (nSPS) is 12.0. The van der Waals surface area contributed by atoms with Gasteiger partial charge in [0.05, 0.1) is 23.7 Å². The molecule has 2 aromatic carbocycles. The van der Waals surface area contributed by atoms with Crippen LogP contribution >= 0.6 is 0 Å². The molecule has 0 saturated heterocycles. The van der Waals surface area contributed by atoms with Crippen molar-refractivity contribution in [3.05, 3.63) is 86.0 Å². The van der Waals surface area contributed by atoms with Gasteiger partial charge in [0.15, 0.2) is 0 Å². The zero-order chi connectivity index (χ0) is 27.8. The largest absolute Gasteiger partial charge is 0.491 e. The summed E-state index contributed by atoms with van der Waals surface area (Å²) in [6.45, 7) is 4.29. The summed E-state index contributed by atoms with van der Waals surface area (Å²) >= 11 is 0. The monoisotopic (exact) mass is 536 g/mol. The van der Waals surface area contributed by atoms with Gasteiger partial charge in [0.25, 0.3) is 5.69 Å². The third-order valence-electron chi connectivity index (χ3n) is 6.38.